The Kier molecular flexibility index (Phi) is 3.09. The largest absolute Gasteiger partial charge is 0.326 e. The maximum Gasteiger partial charge on any atom is 0.228 e. The molecule has 2 rings (SSSR count). The molecule has 2 aromatic rings. The van der Waals surface area contributed by atoms with Crippen LogP contribution in [0.4, 0.5) is 0 Å². The van der Waals surface area contributed by atoms with Crippen molar-refractivity contribution in [2.75, 3.05) is 0 Å². The van der Waals surface area contributed by atoms with Crippen LogP contribution in [0.1, 0.15) is 41.6 Å². The molecule has 3 nitrogen and oxygen atoms in total. The molecule has 0 amide bonds. The van der Waals surface area contributed by atoms with E-state index >= 15 is 0 Å². The van der Waals surface area contributed by atoms with E-state index in [1.807, 2.05) is 55.8 Å². The fourth-order valence-corrected chi connectivity index (χ4v) is 1.85. The molecule has 0 aliphatic carbocycles. The maximum atomic E-state index is 12.4. The van der Waals surface area contributed by atoms with E-state index in [1.165, 1.54) is 0 Å². The number of carbonyl (C=O) groups excluding carboxylic acids is 1. The molecule has 0 aliphatic heterocycles. The molecule has 0 bridgehead atoms. The van der Waals surface area contributed by atoms with E-state index in [0.717, 1.165) is 11.1 Å². The third-order valence-corrected chi connectivity index (χ3v) is 2.82. The van der Waals surface area contributed by atoms with E-state index in [2.05, 4.69) is 4.98 Å². The van der Waals surface area contributed by atoms with Gasteiger partial charge in [0.1, 0.15) is 0 Å². The van der Waals surface area contributed by atoms with Gasteiger partial charge in [-0.15, -0.1) is 0 Å². The number of nitrogens with zero attached hydrogens (tertiary/aromatic N) is 2. The molecule has 0 aliphatic rings. The zero-order valence-corrected chi connectivity index (χ0v) is 10.3. The van der Waals surface area contributed by atoms with Crippen LogP contribution >= 0.6 is 0 Å². The average Bonchev–Trinajstić information content (AvgIpc) is 2.77. The number of carbonyl (C=O) groups is 1. The van der Waals surface area contributed by atoms with Crippen molar-refractivity contribution in [3.8, 4) is 0 Å². The van der Waals surface area contributed by atoms with E-state index in [4.69, 9.17) is 0 Å². The Bertz CT molecular complexity index is 541. The van der Waals surface area contributed by atoms with Crippen molar-refractivity contribution in [3.05, 3.63) is 53.6 Å². The summed E-state index contributed by atoms with van der Waals surface area (Å²) in [6.45, 7) is 6.02. The molecule has 17 heavy (non-hydrogen) atoms. The highest BCUT2D eigenvalue weighted by atomic mass is 16.1. The van der Waals surface area contributed by atoms with Crippen LogP contribution < -0.4 is 0 Å². The Morgan fingerprint density at radius 3 is 2.65 bits per heavy atom. The van der Waals surface area contributed by atoms with Gasteiger partial charge in [-0.1, -0.05) is 24.3 Å². The van der Waals surface area contributed by atoms with Gasteiger partial charge in [0.25, 0.3) is 0 Å². The molecule has 0 spiro atoms. The second kappa shape index (κ2) is 4.53. The second-order valence-corrected chi connectivity index (χ2v) is 4.40. The predicted molar refractivity (Wildman–Crippen MR) is 67.2 cm³/mol. The zero-order valence-electron chi connectivity index (χ0n) is 10.3. The van der Waals surface area contributed by atoms with E-state index in [-0.39, 0.29) is 11.8 Å². The van der Waals surface area contributed by atoms with Crippen LogP contribution in [0.5, 0.6) is 0 Å². The summed E-state index contributed by atoms with van der Waals surface area (Å²) >= 11 is 0. The molecule has 0 saturated heterocycles. The van der Waals surface area contributed by atoms with Crippen molar-refractivity contribution < 1.29 is 4.79 Å². The first-order valence-electron chi connectivity index (χ1n) is 5.74. The summed E-state index contributed by atoms with van der Waals surface area (Å²) < 4.78 is 1.90. The Balaban J connectivity index is 2.45. The molecule has 88 valence electrons. The van der Waals surface area contributed by atoms with Gasteiger partial charge in [-0.3, -0.25) is 4.79 Å². The van der Waals surface area contributed by atoms with Crippen molar-refractivity contribution in [1.82, 2.24) is 9.55 Å². The van der Waals surface area contributed by atoms with Crippen LogP contribution in [0.15, 0.2) is 36.7 Å². The van der Waals surface area contributed by atoms with Gasteiger partial charge in [0.05, 0.1) is 0 Å². The number of rotatable bonds is 3. The minimum atomic E-state index is -0.0122. The summed E-state index contributed by atoms with van der Waals surface area (Å²) in [6.07, 6.45) is 3.52. The van der Waals surface area contributed by atoms with Crippen molar-refractivity contribution in [1.29, 1.82) is 0 Å². The molecule has 3 heteroatoms. The first kappa shape index (κ1) is 11.6. The lowest BCUT2D eigenvalue weighted by atomic mass is 10.0. The molecule has 0 unspecified atom stereocenters. The SMILES string of the molecule is Cc1ccccc1C(=O)c1nccn1C(C)C. The average molecular weight is 228 g/mol. The molecule has 0 radical (unpaired) electrons. The van der Waals surface area contributed by atoms with Gasteiger partial charge in [0.2, 0.25) is 5.78 Å². The summed E-state index contributed by atoms with van der Waals surface area (Å²) in [5.41, 5.74) is 1.71. The highest BCUT2D eigenvalue weighted by molar-refractivity contribution is 6.07. The fourth-order valence-electron chi connectivity index (χ4n) is 1.85. The minimum Gasteiger partial charge on any atom is -0.326 e. The fraction of sp³-hybridized carbons (Fsp3) is 0.286. The van der Waals surface area contributed by atoms with Crippen molar-refractivity contribution in [2.24, 2.45) is 0 Å². The van der Waals surface area contributed by atoms with Crippen LogP contribution in [-0.4, -0.2) is 15.3 Å². The minimum absolute atomic E-state index is 0.0122. The second-order valence-electron chi connectivity index (χ2n) is 4.40. The third-order valence-electron chi connectivity index (χ3n) is 2.82. The number of hydrogen-bond acceptors (Lipinski definition) is 2. The van der Waals surface area contributed by atoms with Crippen molar-refractivity contribution in [3.63, 3.8) is 0 Å². The highest BCUT2D eigenvalue weighted by Gasteiger charge is 2.17. The third kappa shape index (κ3) is 2.13. The van der Waals surface area contributed by atoms with Crippen LogP contribution in [0, 0.1) is 6.92 Å². The maximum absolute atomic E-state index is 12.4. The first-order chi connectivity index (χ1) is 8.11. The number of benzene rings is 1. The van der Waals surface area contributed by atoms with Crippen LogP contribution in [0.25, 0.3) is 0 Å². The smallest absolute Gasteiger partial charge is 0.228 e. The summed E-state index contributed by atoms with van der Waals surface area (Å²) in [7, 11) is 0. The van der Waals surface area contributed by atoms with E-state index in [9.17, 15) is 4.79 Å². The topological polar surface area (TPSA) is 34.9 Å². The monoisotopic (exact) mass is 228 g/mol. The van der Waals surface area contributed by atoms with Gasteiger partial charge >= 0.3 is 0 Å². The number of ketones is 1. The van der Waals surface area contributed by atoms with Crippen molar-refractivity contribution >= 4 is 5.78 Å². The van der Waals surface area contributed by atoms with E-state index in [0.29, 0.717) is 5.82 Å². The van der Waals surface area contributed by atoms with Gasteiger partial charge < -0.3 is 4.57 Å². The standard InChI is InChI=1S/C14H16N2O/c1-10(2)16-9-8-15-14(16)13(17)12-7-5-4-6-11(12)3/h4-10H,1-3H3. The molecule has 1 heterocycles. The van der Waals surface area contributed by atoms with Gasteiger partial charge in [0, 0.05) is 24.0 Å². The molecule has 0 fully saturated rings. The molecule has 1 aromatic carbocycles. The number of aryl methyl sites for hydroxylation is 1. The molecule has 1 aromatic heterocycles. The van der Waals surface area contributed by atoms with E-state index in [1.54, 1.807) is 6.20 Å². The lowest BCUT2D eigenvalue weighted by Gasteiger charge is -2.11. The van der Waals surface area contributed by atoms with Gasteiger partial charge in [-0.25, -0.2) is 4.98 Å². The summed E-state index contributed by atoms with van der Waals surface area (Å²) in [5, 5.41) is 0. The Hall–Kier alpha value is -1.90. The normalized spacial score (nSPS) is 10.8. The van der Waals surface area contributed by atoms with Crippen LogP contribution in [0.2, 0.25) is 0 Å². The number of hydrogen-bond donors (Lipinski definition) is 0. The van der Waals surface area contributed by atoms with Crippen LogP contribution in [0.3, 0.4) is 0 Å². The van der Waals surface area contributed by atoms with Gasteiger partial charge in [0.15, 0.2) is 5.82 Å². The lowest BCUT2D eigenvalue weighted by Crippen LogP contribution is -2.13. The molecular weight excluding hydrogens is 212 g/mol. The highest BCUT2D eigenvalue weighted by Crippen LogP contribution is 2.15. The zero-order chi connectivity index (χ0) is 12.4. The quantitative estimate of drug-likeness (QED) is 0.757. The van der Waals surface area contributed by atoms with Gasteiger partial charge in [-0.05, 0) is 26.3 Å². The summed E-state index contributed by atoms with van der Waals surface area (Å²) in [6, 6.07) is 7.83. The predicted octanol–water partition coefficient (Wildman–Crippen LogP) is 3.00. The molecule has 0 saturated carbocycles. The van der Waals surface area contributed by atoms with Gasteiger partial charge in [-0.2, -0.15) is 0 Å². The Labute approximate surface area is 101 Å². The first-order valence-corrected chi connectivity index (χ1v) is 5.74. The molecule has 0 N–H and O–H groups in total. The molecule has 0 atom stereocenters. The number of imidazole rings is 1. The number of aromatic nitrogens is 2. The van der Waals surface area contributed by atoms with E-state index < -0.39 is 0 Å². The Morgan fingerprint density at radius 1 is 1.29 bits per heavy atom. The molecular formula is C14H16N2O. The Morgan fingerprint density at radius 2 is 2.00 bits per heavy atom. The summed E-state index contributed by atoms with van der Waals surface area (Å²) in [4.78, 5) is 16.5. The van der Waals surface area contributed by atoms with Crippen LogP contribution in [-0.2, 0) is 0 Å². The lowest BCUT2D eigenvalue weighted by molar-refractivity contribution is 0.102. The van der Waals surface area contributed by atoms with Crippen molar-refractivity contribution in [2.45, 2.75) is 26.8 Å². The summed E-state index contributed by atoms with van der Waals surface area (Å²) in [5.74, 6) is 0.496.